The smallest absolute Gasteiger partial charge is 0.343 e. The van der Waals surface area contributed by atoms with Crippen LogP contribution in [0.3, 0.4) is 0 Å². The lowest BCUT2D eigenvalue weighted by molar-refractivity contribution is -0.385. The number of rotatable bonds is 7. The summed E-state index contributed by atoms with van der Waals surface area (Å²) < 4.78 is 8.38. The zero-order valence-corrected chi connectivity index (χ0v) is 22.5. The summed E-state index contributed by atoms with van der Waals surface area (Å²) in [6.45, 7) is 1.96. The normalized spacial score (nSPS) is 24.5. The predicted molar refractivity (Wildman–Crippen MR) is 147 cm³/mol. The highest BCUT2D eigenvalue weighted by molar-refractivity contribution is 6.05. The molecule has 3 heterocycles. The summed E-state index contributed by atoms with van der Waals surface area (Å²) in [7, 11) is 0. The number of hydrogen-bond donors (Lipinski definition) is 1. The fourth-order valence-electron chi connectivity index (χ4n) is 7.66. The van der Waals surface area contributed by atoms with E-state index in [1.165, 1.54) is 36.2 Å². The van der Waals surface area contributed by atoms with Crippen molar-refractivity contribution in [3.8, 4) is 11.3 Å². The minimum atomic E-state index is -0.638. The van der Waals surface area contributed by atoms with Crippen molar-refractivity contribution in [2.75, 3.05) is 11.9 Å². The maximum absolute atomic E-state index is 13.4. The highest BCUT2D eigenvalue weighted by Gasteiger charge is 2.53. The number of benzene rings is 1. The highest BCUT2D eigenvalue weighted by atomic mass is 16.6. The molecule has 4 saturated carbocycles. The molecule has 0 spiro atoms. The van der Waals surface area contributed by atoms with Crippen LogP contribution in [0.4, 0.5) is 11.4 Å². The van der Waals surface area contributed by atoms with Crippen LogP contribution in [0.5, 0.6) is 0 Å². The van der Waals surface area contributed by atoms with Gasteiger partial charge in [0, 0.05) is 17.4 Å². The molecular formula is C29H29N7O5. The first-order valence-electron chi connectivity index (χ1n) is 14.0. The Morgan fingerprint density at radius 1 is 1.15 bits per heavy atom. The Kier molecular flexibility index (Phi) is 5.87. The van der Waals surface area contributed by atoms with Crippen LogP contribution in [-0.4, -0.2) is 47.8 Å². The second kappa shape index (κ2) is 9.50. The number of fused-ring (bicyclic) bond motifs is 1. The second-order valence-electron chi connectivity index (χ2n) is 11.6. The zero-order chi connectivity index (χ0) is 28.3. The fraction of sp³-hybridized carbons (Fsp3) is 0.414. The van der Waals surface area contributed by atoms with Crippen molar-refractivity contribution in [3.63, 3.8) is 0 Å². The maximum Gasteiger partial charge on any atom is 0.343 e. The van der Waals surface area contributed by atoms with Crippen LogP contribution in [0.15, 0.2) is 48.9 Å². The predicted octanol–water partition coefficient (Wildman–Crippen LogP) is 4.86. The van der Waals surface area contributed by atoms with Crippen LogP contribution in [0.2, 0.25) is 0 Å². The summed E-state index contributed by atoms with van der Waals surface area (Å²) >= 11 is 0. The molecular weight excluding hydrogens is 526 g/mol. The van der Waals surface area contributed by atoms with Gasteiger partial charge in [0.15, 0.2) is 5.65 Å². The van der Waals surface area contributed by atoms with E-state index in [-0.39, 0.29) is 29.1 Å². The average molecular weight is 556 g/mol. The van der Waals surface area contributed by atoms with Crippen LogP contribution in [0.1, 0.15) is 66.3 Å². The molecule has 41 heavy (non-hydrogen) atoms. The zero-order valence-electron chi connectivity index (χ0n) is 22.5. The molecule has 0 aliphatic heterocycles. The number of carbonyl (C=O) groups is 2. The molecule has 1 aromatic carbocycles. The SMILES string of the molecule is CCOC(=O)c1cnn2c(-c3cccc(NC(=O)c4nn(C56CC7CC(CC(C7)C5)C6)cc4[N+](=O)[O-])c3)ccnc12. The third-order valence-corrected chi connectivity index (χ3v) is 8.91. The van der Waals surface area contributed by atoms with Gasteiger partial charge in [-0.15, -0.1) is 0 Å². The van der Waals surface area contributed by atoms with Crippen molar-refractivity contribution in [2.24, 2.45) is 17.8 Å². The number of esters is 1. The minimum absolute atomic E-state index is 0.186. The average Bonchev–Trinajstić information content (AvgIpc) is 3.59. The van der Waals surface area contributed by atoms with Crippen molar-refractivity contribution in [1.82, 2.24) is 24.4 Å². The summed E-state index contributed by atoms with van der Waals surface area (Å²) in [5.74, 6) is 0.746. The largest absolute Gasteiger partial charge is 0.462 e. The van der Waals surface area contributed by atoms with Gasteiger partial charge in [-0.2, -0.15) is 10.2 Å². The van der Waals surface area contributed by atoms with E-state index < -0.39 is 16.8 Å². The molecule has 12 nitrogen and oxygen atoms in total. The molecule has 4 aliphatic rings. The molecule has 3 aromatic heterocycles. The topological polar surface area (TPSA) is 147 Å². The Hall–Kier alpha value is -4.61. The van der Waals surface area contributed by atoms with Crippen LogP contribution >= 0.6 is 0 Å². The van der Waals surface area contributed by atoms with Crippen molar-refractivity contribution < 1.29 is 19.2 Å². The first kappa shape index (κ1) is 25.4. The summed E-state index contributed by atoms with van der Waals surface area (Å²) in [6, 6.07) is 8.78. The van der Waals surface area contributed by atoms with Gasteiger partial charge in [0.2, 0.25) is 5.69 Å². The van der Waals surface area contributed by atoms with Gasteiger partial charge in [-0.1, -0.05) is 12.1 Å². The van der Waals surface area contributed by atoms with Crippen molar-refractivity contribution in [1.29, 1.82) is 0 Å². The number of nitrogens with one attached hydrogen (secondary N) is 1. The number of aromatic nitrogens is 5. The van der Waals surface area contributed by atoms with Gasteiger partial charge in [0.05, 0.1) is 29.0 Å². The number of hydrogen-bond acceptors (Lipinski definition) is 8. The molecule has 0 atom stereocenters. The monoisotopic (exact) mass is 555 g/mol. The molecule has 4 aromatic rings. The van der Waals surface area contributed by atoms with Crippen molar-refractivity contribution in [2.45, 2.75) is 51.0 Å². The lowest BCUT2D eigenvalue weighted by atomic mass is 9.53. The maximum atomic E-state index is 13.4. The van der Waals surface area contributed by atoms with E-state index >= 15 is 0 Å². The lowest BCUT2D eigenvalue weighted by Crippen LogP contribution is -2.52. The van der Waals surface area contributed by atoms with Crippen LogP contribution in [0, 0.1) is 27.9 Å². The van der Waals surface area contributed by atoms with E-state index in [0.717, 1.165) is 19.3 Å². The first-order chi connectivity index (χ1) is 19.8. The van der Waals surface area contributed by atoms with Gasteiger partial charge in [0.1, 0.15) is 11.8 Å². The van der Waals surface area contributed by atoms with Crippen molar-refractivity contribution in [3.05, 3.63) is 70.3 Å². The fourth-order valence-corrected chi connectivity index (χ4v) is 7.66. The Bertz CT molecular complexity index is 1670. The highest BCUT2D eigenvalue weighted by Crippen LogP contribution is 2.58. The van der Waals surface area contributed by atoms with E-state index in [0.29, 0.717) is 40.3 Å². The quantitative estimate of drug-likeness (QED) is 0.193. The second-order valence-corrected chi connectivity index (χ2v) is 11.6. The molecule has 12 heteroatoms. The Labute approximate surface area is 234 Å². The Morgan fingerprint density at radius 2 is 1.88 bits per heavy atom. The molecule has 0 unspecified atom stereocenters. The van der Waals surface area contributed by atoms with Gasteiger partial charge in [-0.3, -0.25) is 19.6 Å². The van der Waals surface area contributed by atoms with E-state index in [2.05, 4.69) is 20.5 Å². The molecule has 0 saturated heterocycles. The lowest BCUT2D eigenvalue weighted by Gasteiger charge is -2.56. The summed E-state index contributed by atoms with van der Waals surface area (Å²) in [4.78, 5) is 41.5. The number of anilines is 1. The van der Waals surface area contributed by atoms with E-state index in [4.69, 9.17) is 4.74 Å². The summed E-state index contributed by atoms with van der Waals surface area (Å²) in [5, 5.41) is 23.7. The molecule has 4 aliphatic carbocycles. The Balaban J connectivity index is 1.18. The number of amides is 1. The van der Waals surface area contributed by atoms with Gasteiger partial charge in [-0.25, -0.2) is 14.3 Å². The Morgan fingerprint density at radius 3 is 2.56 bits per heavy atom. The van der Waals surface area contributed by atoms with Crippen LogP contribution in [0.25, 0.3) is 16.9 Å². The summed E-state index contributed by atoms with van der Waals surface area (Å²) in [5.41, 5.74) is 1.66. The molecule has 1 amide bonds. The van der Waals surface area contributed by atoms with Gasteiger partial charge in [0.25, 0.3) is 5.91 Å². The summed E-state index contributed by atoms with van der Waals surface area (Å²) in [6.07, 6.45) is 11.0. The number of carbonyl (C=O) groups excluding carboxylic acids is 2. The van der Waals surface area contributed by atoms with Crippen LogP contribution in [-0.2, 0) is 10.3 Å². The minimum Gasteiger partial charge on any atom is -0.462 e. The van der Waals surface area contributed by atoms with Gasteiger partial charge >= 0.3 is 11.7 Å². The van der Waals surface area contributed by atoms with E-state index in [1.807, 2.05) is 6.07 Å². The van der Waals surface area contributed by atoms with Crippen LogP contribution < -0.4 is 5.32 Å². The third kappa shape index (κ3) is 4.25. The molecule has 1 N–H and O–H groups in total. The number of nitrogens with zero attached hydrogens (tertiary/aromatic N) is 6. The first-order valence-corrected chi connectivity index (χ1v) is 14.0. The van der Waals surface area contributed by atoms with Crippen molar-refractivity contribution >= 4 is 28.9 Å². The molecule has 4 fully saturated rings. The van der Waals surface area contributed by atoms with Gasteiger partial charge < -0.3 is 10.1 Å². The molecule has 210 valence electrons. The molecule has 8 rings (SSSR count). The van der Waals surface area contributed by atoms with E-state index in [9.17, 15) is 19.7 Å². The van der Waals surface area contributed by atoms with E-state index in [1.54, 1.807) is 42.1 Å². The molecule has 0 radical (unpaired) electrons. The van der Waals surface area contributed by atoms with Gasteiger partial charge in [-0.05, 0) is 81.4 Å². The number of ether oxygens (including phenoxy) is 1. The molecule has 4 bridgehead atoms. The number of nitro groups is 1. The standard InChI is InChI=1S/C29H29N7O5/c1-2-41-28(38)22-15-31-35-23(6-7-30-26(22)35)20-4-3-5-21(11-20)32-27(37)25-24(36(39)40)16-34(33-25)29-12-17-8-18(13-29)10-19(9-17)14-29/h3-7,11,15-19H,2,8-10,12-14H2,1H3,(H,32,37). The third-order valence-electron chi connectivity index (χ3n) is 8.91.